The zero-order chi connectivity index (χ0) is 12.3. The second-order valence-electron chi connectivity index (χ2n) is 3.80. The molecule has 0 heterocycles. The Morgan fingerprint density at radius 2 is 2.00 bits per heavy atom. The van der Waals surface area contributed by atoms with Crippen LogP contribution in [-0.4, -0.2) is 7.11 Å². The number of halogens is 2. The lowest BCUT2D eigenvalue weighted by atomic mass is 9.97. The molecule has 1 aromatic rings. The molecule has 16 heavy (non-hydrogen) atoms. The van der Waals surface area contributed by atoms with Crippen LogP contribution in [0.1, 0.15) is 30.9 Å². The maximum atomic E-state index is 13.2. The highest BCUT2D eigenvalue weighted by molar-refractivity contribution is 5.42. The zero-order valence-corrected chi connectivity index (χ0v) is 9.42. The highest BCUT2D eigenvalue weighted by Crippen LogP contribution is 2.33. The first kappa shape index (κ1) is 12.4. The molecule has 1 rings (SSSR count). The van der Waals surface area contributed by atoms with Crippen molar-refractivity contribution >= 4 is 0 Å². The Morgan fingerprint density at radius 1 is 1.38 bits per heavy atom. The topological polar surface area (TPSA) is 33.0 Å². The quantitative estimate of drug-likeness (QED) is 0.789. The fourth-order valence-corrected chi connectivity index (χ4v) is 1.45. The van der Waals surface area contributed by atoms with Crippen molar-refractivity contribution in [3.05, 3.63) is 29.3 Å². The summed E-state index contributed by atoms with van der Waals surface area (Å²) in [4.78, 5) is 0. The number of hydrogen-bond acceptors (Lipinski definition) is 2. The Bertz CT molecular complexity index is 422. The number of benzene rings is 1. The molecule has 4 heteroatoms. The van der Waals surface area contributed by atoms with Crippen molar-refractivity contribution in [2.24, 2.45) is 0 Å². The average molecular weight is 225 g/mol. The van der Waals surface area contributed by atoms with Crippen molar-refractivity contribution in [3.8, 4) is 11.8 Å². The molecule has 0 saturated heterocycles. The van der Waals surface area contributed by atoms with Gasteiger partial charge in [0.05, 0.1) is 7.11 Å². The number of nitriles is 1. The summed E-state index contributed by atoms with van der Waals surface area (Å²) in [6.07, 6.45) is 0. The summed E-state index contributed by atoms with van der Waals surface area (Å²) in [7, 11) is 1.49. The number of nitrogens with zero attached hydrogens (tertiary/aromatic N) is 1. The second kappa shape index (κ2) is 4.48. The standard InChI is InChI=1S/C12H13F2NO/c1-8(2)10-6-9(12(13,14)7-15)4-5-11(10)16-3/h4-6,8H,1-3H3. The van der Waals surface area contributed by atoms with Gasteiger partial charge >= 0.3 is 5.92 Å². The molecule has 0 saturated carbocycles. The molecule has 0 fully saturated rings. The van der Waals surface area contributed by atoms with Gasteiger partial charge in [-0.25, -0.2) is 0 Å². The summed E-state index contributed by atoms with van der Waals surface area (Å²) in [5, 5.41) is 8.37. The highest BCUT2D eigenvalue weighted by Gasteiger charge is 2.31. The molecule has 0 radical (unpaired) electrons. The summed E-state index contributed by atoms with van der Waals surface area (Å²) in [6.45, 7) is 3.76. The first-order chi connectivity index (χ1) is 7.42. The fourth-order valence-electron chi connectivity index (χ4n) is 1.45. The Balaban J connectivity index is 3.29. The zero-order valence-electron chi connectivity index (χ0n) is 9.42. The lowest BCUT2D eigenvalue weighted by molar-refractivity contribution is 0.0611. The summed E-state index contributed by atoms with van der Waals surface area (Å²) in [5.74, 6) is -2.83. The van der Waals surface area contributed by atoms with E-state index in [1.807, 2.05) is 13.8 Å². The summed E-state index contributed by atoms with van der Waals surface area (Å²) in [5.41, 5.74) is 0.384. The molecule has 2 nitrogen and oxygen atoms in total. The Hall–Kier alpha value is -1.63. The van der Waals surface area contributed by atoms with E-state index in [1.165, 1.54) is 25.3 Å². The predicted molar refractivity (Wildman–Crippen MR) is 56.6 cm³/mol. The van der Waals surface area contributed by atoms with Crippen molar-refractivity contribution in [2.45, 2.75) is 25.7 Å². The van der Waals surface area contributed by atoms with E-state index < -0.39 is 5.92 Å². The van der Waals surface area contributed by atoms with E-state index in [0.29, 0.717) is 11.3 Å². The third kappa shape index (κ3) is 2.30. The van der Waals surface area contributed by atoms with Crippen LogP contribution in [-0.2, 0) is 5.92 Å². The number of ether oxygens (including phenoxy) is 1. The Labute approximate surface area is 93.5 Å². The molecule has 0 atom stereocenters. The van der Waals surface area contributed by atoms with Gasteiger partial charge in [-0.2, -0.15) is 14.0 Å². The smallest absolute Gasteiger partial charge is 0.357 e. The highest BCUT2D eigenvalue weighted by atomic mass is 19.3. The molecular formula is C12H13F2NO. The van der Waals surface area contributed by atoms with Crippen molar-refractivity contribution in [2.75, 3.05) is 7.11 Å². The van der Waals surface area contributed by atoms with E-state index in [0.717, 1.165) is 6.07 Å². The molecule has 0 N–H and O–H groups in total. The number of hydrogen-bond donors (Lipinski definition) is 0. The fraction of sp³-hybridized carbons (Fsp3) is 0.417. The van der Waals surface area contributed by atoms with Crippen molar-refractivity contribution in [1.82, 2.24) is 0 Å². The third-order valence-corrected chi connectivity index (χ3v) is 2.35. The second-order valence-corrected chi connectivity index (χ2v) is 3.80. The first-order valence-electron chi connectivity index (χ1n) is 4.90. The Kier molecular flexibility index (Phi) is 3.48. The van der Waals surface area contributed by atoms with Gasteiger partial charge in [-0.05, 0) is 29.7 Å². The largest absolute Gasteiger partial charge is 0.496 e. The van der Waals surface area contributed by atoms with E-state index >= 15 is 0 Å². The van der Waals surface area contributed by atoms with E-state index in [1.54, 1.807) is 0 Å². The lowest BCUT2D eigenvalue weighted by Crippen LogP contribution is -2.10. The molecule has 0 amide bonds. The van der Waals surface area contributed by atoms with Crippen LogP contribution in [0.3, 0.4) is 0 Å². The Morgan fingerprint density at radius 3 is 2.44 bits per heavy atom. The summed E-state index contributed by atoms with van der Waals surface area (Å²) >= 11 is 0. The van der Waals surface area contributed by atoms with Crippen molar-refractivity contribution < 1.29 is 13.5 Å². The van der Waals surface area contributed by atoms with E-state index in [9.17, 15) is 8.78 Å². The number of methoxy groups -OCH3 is 1. The maximum Gasteiger partial charge on any atom is 0.357 e. The number of alkyl halides is 2. The van der Waals surface area contributed by atoms with Crippen LogP contribution in [0.5, 0.6) is 5.75 Å². The minimum Gasteiger partial charge on any atom is -0.496 e. The van der Waals surface area contributed by atoms with Gasteiger partial charge in [0.25, 0.3) is 0 Å². The molecular weight excluding hydrogens is 212 g/mol. The van der Waals surface area contributed by atoms with Crippen LogP contribution in [0.4, 0.5) is 8.78 Å². The van der Waals surface area contributed by atoms with Gasteiger partial charge in [0, 0.05) is 5.56 Å². The van der Waals surface area contributed by atoms with Gasteiger partial charge in [0.15, 0.2) is 0 Å². The van der Waals surface area contributed by atoms with Crippen molar-refractivity contribution in [3.63, 3.8) is 0 Å². The maximum absolute atomic E-state index is 13.2. The van der Waals surface area contributed by atoms with E-state index in [-0.39, 0.29) is 11.5 Å². The van der Waals surface area contributed by atoms with Crippen LogP contribution in [0.25, 0.3) is 0 Å². The summed E-state index contributed by atoms with van der Waals surface area (Å²) in [6, 6.07) is 5.00. The van der Waals surface area contributed by atoms with Gasteiger partial charge in [-0.15, -0.1) is 0 Å². The first-order valence-corrected chi connectivity index (χ1v) is 4.90. The van der Waals surface area contributed by atoms with Gasteiger partial charge in [-0.3, -0.25) is 0 Å². The SMILES string of the molecule is COc1ccc(C(F)(F)C#N)cc1C(C)C. The van der Waals surface area contributed by atoms with E-state index in [4.69, 9.17) is 10.00 Å². The molecule has 1 aromatic carbocycles. The molecule has 0 unspecified atom stereocenters. The lowest BCUT2D eigenvalue weighted by Gasteiger charge is -2.15. The average Bonchev–Trinajstić information content (AvgIpc) is 2.28. The van der Waals surface area contributed by atoms with Crippen LogP contribution in [0.2, 0.25) is 0 Å². The van der Waals surface area contributed by atoms with Gasteiger partial charge in [0.1, 0.15) is 11.8 Å². The normalized spacial score (nSPS) is 11.3. The van der Waals surface area contributed by atoms with Gasteiger partial charge < -0.3 is 4.74 Å². The molecule has 0 aliphatic carbocycles. The predicted octanol–water partition coefficient (Wildman–Crippen LogP) is 3.43. The molecule has 0 aliphatic heterocycles. The van der Waals surface area contributed by atoms with Crippen LogP contribution < -0.4 is 4.74 Å². The molecule has 0 aromatic heterocycles. The molecule has 0 bridgehead atoms. The molecule has 0 aliphatic rings. The van der Waals surface area contributed by atoms with E-state index in [2.05, 4.69) is 0 Å². The minimum atomic E-state index is -3.45. The number of rotatable bonds is 3. The third-order valence-electron chi connectivity index (χ3n) is 2.35. The van der Waals surface area contributed by atoms with Gasteiger partial charge in [-0.1, -0.05) is 13.8 Å². The van der Waals surface area contributed by atoms with Crippen LogP contribution >= 0.6 is 0 Å². The minimum absolute atomic E-state index is 0.0596. The van der Waals surface area contributed by atoms with Crippen LogP contribution in [0.15, 0.2) is 18.2 Å². The molecule has 0 spiro atoms. The van der Waals surface area contributed by atoms with Crippen LogP contribution in [0, 0.1) is 11.3 Å². The molecule has 86 valence electrons. The van der Waals surface area contributed by atoms with Crippen molar-refractivity contribution in [1.29, 1.82) is 5.26 Å². The monoisotopic (exact) mass is 225 g/mol. The summed E-state index contributed by atoms with van der Waals surface area (Å²) < 4.78 is 31.4. The van der Waals surface area contributed by atoms with Gasteiger partial charge in [0.2, 0.25) is 0 Å².